The van der Waals surface area contributed by atoms with Gasteiger partial charge in [-0.05, 0) is 44.4 Å². The maximum Gasteiger partial charge on any atom is 0.337 e. The van der Waals surface area contributed by atoms with Gasteiger partial charge < -0.3 is 20.3 Å². The molecular formula is C19H22N4O4. The summed E-state index contributed by atoms with van der Waals surface area (Å²) in [6.45, 7) is 1.20. The van der Waals surface area contributed by atoms with Crippen molar-refractivity contribution in [3.8, 4) is 0 Å². The molecule has 0 saturated heterocycles. The molecule has 0 aliphatic rings. The number of carbonyl (C=O) groups excluding carboxylic acids is 3. The second-order valence-electron chi connectivity index (χ2n) is 6.04. The average Bonchev–Trinajstić information content (AvgIpc) is 2.67. The largest absolute Gasteiger partial charge is 0.465 e. The van der Waals surface area contributed by atoms with Crippen molar-refractivity contribution in [1.82, 2.24) is 15.2 Å². The number of likely N-dealkylation sites (N-methyl/N-ethyl adjacent to an activating group) is 1. The minimum Gasteiger partial charge on any atom is -0.465 e. The Labute approximate surface area is 157 Å². The molecule has 1 aromatic heterocycles. The van der Waals surface area contributed by atoms with Crippen molar-refractivity contribution in [2.24, 2.45) is 0 Å². The number of ether oxygens (including phenoxy) is 1. The van der Waals surface area contributed by atoms with Gasteiger partial charge in [0.05, 0.1) is 23.8 Å². The second-order valence-corrected chi connectivity index (χ2v) is 6.04. The van der Waals surface area contributed by atoms with E-state index in [2.05, 4.69) is 20.4 Å². The van der Waals surface area contributed by atoms with Crippen LogP contribution < -0.4 is 10.6 Å². The zero-order valence-corrected chi connectivity index (χ0v) is 15.5. The summed E-state index contributed by atoms with van der Waals surface area (Å²) in [4.78, 5) is 41.9. The third-order valence-corrected chi connectivity index (χ3v) is 3.67. The van der Waals surface area contributed by atoms with E-state index < -0.39 is 11.9 Å². The van der Waals surface area contributed by atoms with Crippen LogP contribution in [0.2, 0.25) is 0 Å². The molecule has 2 aromatic rings. The lowest BCUT2D eigenvalue weighted by molar-refractivity contribution is 0.0600. The highest BCUT2D eigenvalue weighted by molar-refractivity contribution is 6.06. The van der Waals surface area contributed by atoms with Crippen molar-refractivity contribution in [3.05, 3.63) is 59.4 Å². The number of carbonyl (C=O) groups is 3. The third kappa shape index (κ3) is 5.89. The van der Waals surface area contributed by atoms with Gasteiger partial charge >= 0.3 is 5.97 Å². The topological polar surface area (TPSA) is 101 Å². The van der Waals surface area contributed by atoms with Crippen LogP contribution in [0.15, 0.2) is 42.7 Å². The number of nitrogens with zero attached hydrogens (tertiary/aromatic N) is 2. The number of pyridine rings is 1. The molecule has 27 heavy (non-hydrogen) atoms. The van der Waals surface area contributed by atoms with E-state index >= 15 is 0 Å². The monoisotopic (exact) mass is 370 g/mol. The van der Waals surface area contributed by atoms with E-state index in [4.69, 9.17) is 0 Å². The molecule has 0 atom stereocenters. The predicted molar refractivity (Wildman–Crippen MR) is 101 cm³/mol. The number of benzene rings is 1. The number of esters is 1. The molecule has 1 aromatic carbocycles. The fourth-order valence-corrected chi connectivity index (χ4v) is 2.19. The van der Waals surface area contributed by atoms with Crippen LogP contribution in [-0.2, 0) is 4.74 Å². The third-order valence-electron chi connectivity index (χ3n) is 3.67. The first kappa shape index (κ1) is 20.1. The molecule has 0 radical (unpaired) electrons. The van der Waals surface area contributed by atoms with Crippen LogP contribution >= 0.6 is 0 Å². The molecule has 0 aliphatic carbocycles. The molecule has 2 rings (SSSR count). The Balaban J connectivity index is 2.02. The van der Waals surface area contributed by atoms with Gasteiger partial charge in [-0.25, -0.2) is 4.79 Å². The standard InChI is InChI=1S/C19H22N4O4/c1-23(2)9-8-21-17(24)14-10-15(12-20-11-14)18(25)22-16-6-4-13(5-7-16)19(26)27-3/h4-7,10-12H,8-9H2,1-3H3,(H,21,24)(H,22,25). The number of hydrogen-bond donors (Lipinski definition) is 2. The molecule has 1 heterocycles. The molecular weight excluding hydrogens is 348 g/mol. The Bertz CT molecular complexity index is 819. The average molecular weight is 370 g/mol. The van der Waals surface area contributed by atoms with Gasteiger partial charge in [0.2, 0.25) is 0 Å². The first-order valence-electron chi connectivity index (χ1n) is 8.28. The van der Waals surface area contributed by atoms with Crippen molar-refractivity contribution < 1.29 is 19.1 Å². The normalized spacial score (nSPS) is 10.4. The summed E-state index contributed by atoms with van der Waals surface area (Å²) in [5.41, 5.74) is 1.46. The first-order valence-corrected chi connectivity index (χ1v) is 8.28. The molecule has 0 saturated carbocycles. The van der Waals surface area contributed by atoms with Crippen LogP contribution in [0.25, 0.3) is 0 Å². The molecule has 0 unspecified atom stereocenters. The van der Waals surface area contributed by atoms with E-state index in [1.165, 1.54) is 25.6 Å². The van der Waals surface area contributed by atoms with Crippen molar-refractivity contribution in [3.63, 3.8) is 0 Å². The van der Waals surface area contributed by atoms with Crippen LogP contribution in [0.4, 0.5) is 5.69 Å². The molecule has 8 nitrogen and oxygen atoms in total. The summed E-state index contributed by atoms with van der Waals surface area (Å²) >= 11 is 0. The first-order chi connectivity index (χ1) is 12.9. The fourth-order valence-electron chi connectivity index (χ4n) is 2.19. The molecule has 2 amide bonds. The van der Waals surface area contributed by atoms with Crippen LogP contribution in [0.3, 0.4) is 0 Å². The summed E-state index contributed by atoms with van der Waals surface area (Å²) in [7, 11) is 5.13. The smallest absolute Gasteiger partial charge is 0.337 e. The minimum atomic E-state index is -0.454. The van der Waals surface area contributed by atoms with Gasteiger partial charge in [0.15, 0.2) is 0 Å². The number of aromatic nitrogens is 1. The maximum atomic E-state index is 12.4. The SMILES string of the molecule is COC(=O)c1ccc(NC(=O)c2cncc(C(=O)NCCN(C)C)c2)cc1. The second kappa shape index (κ2) is 9.44. The highest BCUT2D eigenvalue weighted by atomic mass is 16.5. The van der Waals surface area contributed by atoms with Gasteiger partial charge in [-0.15, -0.1) is 0 Å². The number of rotatable bonds is 7. The van der Waals surface area contributed by atoms with E-state index in [1.807, 2.05) is 19.0 Å². The molecule has 8 heteroatoms. The summed E-state index contributed by atoms with van der Waals surface area (Å²) in [6.07, 6.45) is 2.79. The Morgan fingerprint density at radius 3 is 2.22 bits per heavy atom. The fraction of sp³-hybridized carbons (Fsp3) is 0.263. The lowest BCUT2D eigenvalue weighted by Crippen LogP contribution is -2.31. The Kier molecular flexibility index (Phi) is 7.01. The van der Waals surface area contributed by atoms with Crippen molar-refractivity contribution in [1.29, 1.82) is 0 Å². The molecule has 142 valence electrons. The zero-order valence-electron chi connectivity index (χ0n) is 15.5. The minimum absolute atomic E-state index is 0.257. The van der Waals surface area contributed by atoms with Crippen molar-refractivity contribution in [2.45, 2.75) is 0 Å². The molecule has 2 N–H and O–H groups in total. The zero-order chi connectivity index (χ0) is 19.8. The maximum absolute atomic E-state index is 12.4. The van der Waals surface area contributed by atoms with Crippen molar-refractivity contribution in [2.75, 3.05) is 39.6 Å². The highest BCUT2D eigenvalue weighted by Gasteiger charge is 2.12. The summed E-state index contributed by atoms with van der Waals surface area (Å²) in [6, 6.07) is 7.77. The predicted octanol–water partition coefficient (Wildman–Crippen LogP) is 1.41. The van der Waals surface area contributed by atoms with Gasteiger partial charge in [-0.3, -0.25) is 14.6 Å². The number of hydrogen-bond acceptors (Lipinski definition) is 6. The van der Waals surface area contributed by atoms with Gasteiger partial charge in [-0.2, -0.15) is 0 Å². The van der Waals surface area contributed by atoms with Crippen LogP contribution in [0.1, 0.15) is 31.1 Å². The molecule has 0 aliphatic heterocycles. The molecule has 0 spiro atoms. The van der Waals surface area contributed by atoms with Crippen molar-refractivity contribution >= 4 is 23.5 Å². The Morgan fingerprint density at radius 2 is 1.63 bits per heavy atom. The number of amides is 2. The quantitative estimate of drug-likeness (QED) is 0.715. The number of nitrogens with one attached hydrogen (secondary N) is 2. The lowest BCUT2D eigenvalue weighted by Gasteiger charge is -2.11. The number of methoxy groups -OCH3 is 1. The molecule has 0 bridgehead atoms. The van der Waals surface area contributed by atoms with E-state index in [9.17, 15) is 14.4 Å². The Morgan fingerprint density at radius 1 is 1.00 bits per heavy atom. The number of anilines is 1. The van der Waals surface area contributed by atoms with Crippen LogP contribution in [-0.4, -0.2) is 62.0 Å². The van der Waals surface area contributed by atoms with Crippen LogP contribution in [0.5, 0.6) is 0 Å². The highest BCUT2D eigenvalue weighted by Crippen LogP contribution is 2.12. The van der Waals surface area contributed by atoms with E-state index in [0.29, 0.717) is 29.9 Å². The van der Waals surface area contributed by atoms with Gasteiger partial charge in [-0.1, -0.05) is 0 Å². The summed E-state index contributed by atoms with van der Waals surface area (Å²) in [5, 5.41) is 5.47. The van der Waals surface area contributed by atoms with Gasteiger partial charge in [0.1, 0.15) is 0 Å². The summed E-state index contributed by atoms with van der Waals surface area (Å²) < 4.78 is 4.63. The van der Waals surface area contributed by atoms with E-state index in [0.717, 1.165) is 0 Å². The van der Waals surface area contributed by atoms with Crippen LogP contribution in [0, 0.1) is 0 Å². The van der Waals surface area contributed by atoms with E-state index in [1.54, 1.807) is 24.3 Å². The Hall–Kier alpha value is -3.26. The van der Waals surface area contributed by atoms with Gasteiger partial charge in [0, 0.05) is 31.2 Å². The van der Waals surface area contributed by atoms with Gasteiger partial charge in [0.25, 0.3) is 11.8 Å². The van der Waals surface area contributed by atoms with E-state index in [-0.39, 0.29) is 11.5 Å². The lowest BCUT2D eigenvalue weighted by atomic mass is 10.1. The summed E-state index contributed by atoms with van der Waals surface area (Å²) in [5.74, 6) is -1.15. The molecule has 0 fully saturated rings.